The molecule has 1 atom stereocenters. The van der Waals surface area contributed by atoms with Gasteiger partial charge in [-0.05, 0) is 26.3 Å². The molecule has 0 bridgehead atoms. The summed E-state index contributed by atoms with van der Waals surface area (Å²) in [5.74, 6) is 2.41. The summed E-state index contributed by atoms with van der Waals surface area (Å²) in [6.45, 7) is 3.23. The number of nitrogens with one attached hydrogen (secondary N) is 2. The molecule has 1 unspecified atom stereocenters. The van der Waals surface area contributed by atoms with Crippen LogP contribution in [-0.4, -0.2) is 30.7 Å². The number of imidazole rings is 1. The van der Waals surface area contributed by atoms with E-state index >= 15 is 0 Å². The largest absolute Gasteiger partial charge is 0.493 e. The van der Waals surface area contributed by atoms with Crippen molar-refractivity contribution in [1.82, 2.24) is 15.3 Å². The Labute approximate surface area is 112 Å². The van der Waals surface area contributed by atoms with Gasteiger partial charge in [-0.15, -0.1) is 0 Å². The minimum Gasteiger partial charge on any atom is -0.493 e. The summed E-state index contributed by atoms with van der Waals surface area (Å²) in [5.41, 5.74) is 1.82. The molecule has 2 N–H and O–H groups in total. The van der Waals surface area contributed by atoms with Crippen LogP contribution in [0.25, 0.3) is 11.0 Å². The van der Waals surface area contributed by atoms with Gasteiger partial charge in [-0.2, -0.15) is 0 Å². The van der Waals surface area contributed by atoms with Crippen molar-refractivity contribution >= 4 is 11.0 Å². The molecular weight excluding hydrogens is 242 g/mol. The Kier molecular flexibility index (Phi) is 2.86. The normalized spacial score (nSPS) is 22.9. The third kappa shape index (κ3) is 1.94. The minimum atomic E-state index is -0.0561. The quantitative estimate of drug-likeness (QED) is 0.889. The molecule has 3 rings (SSSR count). The first-order valence-electron chi connectivity index (χ1n) is 6.53. The molecule has 0 radical (unpaired) electrons. The van der Waals surface area contributed by atoms with Crippen LogP contribution in [0, 0.1) is 0 Å². The fraction of sp³-hybridized carbons (Fsp3) is 0.500. The predicted molar refractivity (Wildman–Crippen MR) is 73.8 cm³/mol. The number of benzene rings is 1. The molecule has 5 nitrogen and oxygen atoms in total. The Morgan fingerprint density at radius 3 is 2.58 bits per heavy atom. The number of nitrogens with zero attached hydrogens (tertiary/aromatic N) is 1. The lowest BCUT2D eigenvalue weighted by molar-refractivity contribution is 0.356. The minimum absolute atomic E-state index is 0.0561. The number of methoxy groups -OCH3 is 2. The second-order valence-corrected chi connectivity index (χ2v) is 5.17. The SMILES string of the molecule is COc1cc2nc(C3(C)CCCN3)[nH]c2cc1OC. The Balaban J connectivity index is 2.10. The Morgan fingerprint density at radius 1 is 1.21 bits per heavy atom. The first-order valence-corrected chi connectivity index (χ1v) is 6.53. The zero-order chi connectivity index (χ0) is 13.5. The average molecular weight is 261 g/mol. The molecule has 0 aliphatic carbocycles. The van der Waals surface area contributed by atoms with E-state index in [0.29, 0.717) is 5.75 Å². The van der Waals surface area contributed by atoms with E-state index in [2.05, 4.69) is 17.2 Å². The molecule has 1 saturated heterocycles. The van der Waals surface area contributed by atoms with E-state index in [1.807, 2.05) is 12.1 Å². The summed E-state index contributed by atoms with van der Waals surface area (Å²) in [7, 11) is 3.28. The zero-order valence-electron chi connectivity index (χ0n) is 11.5. The first-order chi connectivity index (χ1) is 9.16. The van der Waals surface area contributed by atoms with Crippen molar-refractivity contribution in [3.63, 3.8) is 0 Å². The number of rotatable bonds is 3. The van der Waals surface area contributed by atoms with E-state index in [1.54, 1.807) is 14.2 Å². The van der Waals surface area contributed by atoms with Crippen molar-refractivity contribution in [2.45, 2.75) is 25.3 Å². The number of hydrogen-bond acceptors (Lipinski definition) is 4. The lowest BCUT2D eigenvalue weighted by atomic mass is 10.00. The molecule has 19 heavy (non-hydrogen) atoms. The van der Waals surface area contributed by atoms with Gasteiger partial charge in [0.15, 0.2) is 11.5 Å². The molecule has 5 heteroatoms. The number of aromatic nitrogens is 2. The van der Waals surface area contributed by atoms with Crippen LogP contribution in [0.1, 0.15) is 25.6 Å². The predicted octanol–water partition coefficient (Wildman–Crippen LogP) is 2.18. The van der Waals surface area contributed by atoms with Crippen molar-refractivity contribution in [2.24, 2.45) is 0 Å². The lowest BCUT2D eigenvalue weighted by Crippen LogP contribution is -2.34. The van der Waals surface area contributed by atoms with Crippen LogP contribution < -0.4 is 14.8 Å². The van der Waals surface area contributed by atoms with Gasteiger partial charge < -0.3 is 19.8 Å². The highest BCUT2D eigenvalue weighted by atomic mass is 16.5. The van der Waals surface area contributed by atoms with Crippen LogP contribution in [0.15, 0.2) is 12.1 Å². The van der Waals surface area contributed by atoms with Gasteiger partial charge in [0.1, 0.15) is 5.82 Å². The second-order valence-electron chi connectivity index (χ2n) is 5.17. The fourth-order valence-corrected chi connectivity index (χ4v) is 2.69. The summed E-state index contributed by atoms with van der Waals surface area (Å²) in [5, 5.41) is 3.51. The van der Waals surface area contributed by atoms with Crippen LogP contribution in [0.2, 0.25) is 0 Å². The molecule has 2 aromatic rings. The number of aromatic amines is 1. The van der Waals surface area contributed by atoms with Crippen LogP contribution in [0.3, 0.4) is 0 Å². The number of ether oxygens (including phenoxy) is 2. The summed E-state index contributed by atoms with van der Waals surface area (Å²) in [6, 6.07) is 3.84. The van der Waals surface area contributed by atoms with Crippen molar-refractivity contribution in [3.8, 4) is 11.5 Å². The highest BCUT2D eigenvalue weighted by molar-refractivity contribution is 5.80. The number of fused-ring (bicyclic) bond motifs is 1. The maximum atomic E-state index is 5.32. The van der Waals surface area contributed by atoms with Crippen LogP contribution in [0.4, 0.5) is 0 Å². The van der Waals surface area contributed by atoms with E-state index in [0.717, 1.165) is 35.6 Å². The molecule has 1 aromatic heterocycles. The maximum Gasteiger partial charge on any atom is 0.163 e. The Hall–Kier alpha value is -1.75. The van der Waals surface area contributed by atoms with Gasteiger partial charge >= 0.3 is 0 Å². The van der Waals surface area contributed by atoms with Gasteiger partial charge in [0, 0.05) is 12.1 Å². The monoisotopic (exact) mass is 261 g/mol. The number of H-pyrrole nitrogens is 1. The van der Waals surface area contributed by atoms with E-state index in [4.69, 9.17) is 14.5 Å². The van der Waals surface area contributed by atoms with E-state index < -0.39 is 0 Å². The highest BCUT2D eigenvalue weighted by Gasteiger charge is 2.33. The van der Waals surface area contributed by atoms with Crippen LogP contribution in [-0.2, 0) is 5.54 Å². The molecule has 0 spiro atoms. The number of hydrogen-bond donors (Lipinski definition) is 2. The van der Waals surface area contributed by atoms with Crippen molar-refractivity contribution in [1.29, 1.82) is 0 Å². The van der Waals surface area contributed by atoms with E-state index in [-0.39, 0.29) is 5.54 Å². The zero-order valence-corrected chi connectivity index (χ0v) is 11.5. The molecule has 1 aliphatic heterocycles. The van der Waals surface area contributed by atoms with E-state index in [9.17, 15) is 0 Å². The Morgan fingerprint density at radius 2 is 1.95 bits per heavy atom. The standard InChI is InChI=1S/C14H19N3O2/c1-14(5-4-6-15-14)13-16-9-7-11(18-2)12(19-3)8-10(9)17-13/h7-8,15H,4-6H2,1-3H3,(H,16,17). The van der Waals surface area contributed by atoms with Crippen LogP contribution >= 0.6 is 0 Å². The molecule has 1 aromatic carbocycles. The van der Waals surface area contributed by atoms with Gasteiger partial charge in [-0.3, -0.25) is 0 Å². The van der Waals surface area contributed by atoms with Gasteiger partial charge in [-0.1, -0.05) is 0 Å². The van der Waals surface area contributed by atoms with E-state index in [1.165, 1.54) is 6.42 Å². The summed E-state index contributed by atoms with van der Waals surface area (Å²) >= 11 is 0. The molecule has 0 amide bonds. The van der Waals surface area contributed by atoms with Crippen LogP contribution in [0.5, 0.6) is 11.5 Å². The Bertz CT molecular complexity index is 559. The lowest BCUT2D eigenvalue weighted by Gasteiger charge is -2.21. The summed E-state index contributed by atoms with van der Waals surface area (Å²) in [4.78, 5) is 8.09. The smallest absolute Gasteiger partial charge is 0.163 e. The highest BCUT2D eigenvalue weighted by Crippen LogP contribution is 2.34. The molecule has 1 fully saturated rings. The average Bonchev–Trinajstić information content (AvgIpc) is 3.03. The molecular formula is C14H19N3O2. The molecule has 0 saturated carbocycles. The van der Waals surface area contributed by atoms with Gasteiger partial charge in [-0.25, -0.2) is 4.98 Å². The van der Waals surface area contributed by atoms with Crippen molar-refractivity contribution < 1.29 is 9.47 Å². The molecule has 2 heterocycles. The summed E-state index contributed by atoms with van der Waals surface area (Å²) in [6.07, 6.45) is 2.28. The maximum absolute atomic E-state index is 5.32. The van der Waals surface area contributed by atoms with Gasteiger partial charge in [0.2, 0.25) is 0 Å². The topological polar surface area (TPSA) is 59.2 Å². The molecule has 1 aliphatic rings. The van der Waals surface area contributed by atoms with Gasteiger partial charge in [0.25, 0.3) is 0 Å². The fourth-order valence-electron chi connectivity index (χ4n) is 2.69. The first kappa shape index (κ1) is 12.3. The second kappa shape index (κ2) is 4.42. The van der Waals surface area contributed by atoms with Crippen molar-refractivity contribution in [3.05, 3.63) is 18.0 Å². The third-order valence-electron chi connectivity index (χ3n) is 3.88. The van der Waals surface area contributed by atoms with Crippen molar-refractivity contribution in [2.75, 3.05) is 20.8 Å². The van der Waals surface area contributed by atoms with Gasteiger partial charge in [0.05, 0.1) is 30.8 Å². The molecule has 102 valence electrons. The summed E-state index contributed by atoms with van der Waals surface area (Å²) < 4.78 is 10.6. The third-order valence-corrected chi connectivity index (χ3v) is 3.88.